The maximum absolute atomic E-state index is 8.59. The highest BCUT2D eigenvalue weighted by molar-refractivity contribution is 6.44. The van der Waals surface area contributed by atoms with Gasteiger partial charge in [0.15, 0.2) is 0 Å². The smallest absolute Gasteiger partial charge is 0.321 e. The van der Waals surface area contributed by atoms with Crippen molar-refractivity contribution in [2.45, 2.75) is 25.5 Å². The second kappa shape index (κ2) is 6.50. The quantitative estimate of drug-likeness (QED) is 0.450. The molecule has 0 bridgehead atoms. The van der Waals surface area contributed by atoms with Gasteiger partial charge in [-0.1, -0.05) is 13.3 Å². The Kier molecular flexibility index (Phi) is 5.57. The standard InChI is InChI=1S/C8H18O4Si/c1-2-5-13(11-4-3-9)12-7-8-6-10-8/h8-9,13H,2-7H2,1H3. The van der Waals surface area contributed by atoms with Crippen LogP contribution in [0.2, 0.25) is 6.04 Å². The SMILES string of the molecule is CCC[SiH](OCCO)OCC1CO1. The molecule has 0 aromatic heterocycles. The summed E-state index contributed by atoms with van der Waals surface area (Å²) in [5.41, 5.74) is 0. The molecule has 1 heterocycles. The van der Waals surface area contributed by atoms with Crippen molar-refractivity contribution in [1.29, 1.82) is 0 Å². The van der Waals surface area contributed by atoms with Gasteiger partial charge in [-0.2, -0.15) is 0 Å². The Morgan fingerprint density at radius 1 is 1.54 bits per heavy atom. The summed E-state index contributed by atoms with van der Waals surface area (Å²) in [6.45, 7) is 4.09. The molecule has 2 atom stereocenters. The fourth-order valence-corrected chi connectivity index (χ4v) is 2.71. The number of rotatable bonds is 8. The zero-order chi connectivity index (χ0) is 9.52. The molecule has 1 saturated heterocycles. The van der Waals surface area contributed by atoms with E-state index in [0.717, 1.165) is 19.1 Å². The van der Waals surface area contributed by atoms with Gasteiger partial charge in [0.1, 0.15) is 6.10 Å². The first-order valence-electron chi connectivity index (χ1n) is 4.82. The molecule has 0 aliphatic carbocycles. The van der Waals surface area contributed by atoms with Crippen molar-refractivity contribution in [3.8, 4) is 0 Å². The Labute approximate surface area is 80.6 Å². The summed E-state index contributed by atoms with van der Waals surface area (Å²) >= 11 is 0. The van der Waals surface area contributed by atoms with E-state index < -0.39 is 9.28 Å². The highest BCUT2D eigenvalue weighted by Gasteiger charge is 2.24. The van der Waals surface area contributed by atoms with E-state index in [1.54, 1.807) is 0 Å². The van der Waals surface area contributed by atoms with Crippen LogP contribution in [-0.4, -0.2) is 46.9 Å². The number of hydrogen-bond acceptors (Lipinski definition) is 4. The van der Waals surface area contributed by atoms with Crippen LogP contribution in [0.3, 0.4) is 0 Å². The number of aliphatic hydroxyl groups is 1. The van der Waals surface area contributed by atoms with E-state index in [1.165, 1.54) is 0 Å². The molecule has 78 valence electrons. The Balaban J connectivity index is 2.03. The second-order valence-corrected chi connectivity index (χ2v) is 5.20. The van der Waals surface area contributed by atoms with Gasteiger partial charge in [-0.25, -0.2) is 0 Å². The molecule has 0 saturated carbocycles. The zero-order valence-corrected chi connectivity index (χ0v) is 9.22. The molecule has 0 amide bonds. The summed E-state index contributed by atoms with van der Waals surface area (Å²) in [6, 6.07) is 1.01. The minimum absolute atomic E-state index is 0.0799. The molecular weight excluding hydrogens is 188 g/mol. The van der Waals surface area contributed by atoms with Crippen LogP contribution in [0.5, 0.6) is 0 Å². The summed E-state index contributed by atoms with van der Waals surface area (Å²) in [6.07, 6.45) is 1.39. The maximum Gasteiger partial charge on any atom is 0.321 e. The zero-order valence-electron chi connectivity index (χ0n) is 8.07. The topological polar surface area (TPSA) is 51.2 Å². The summed E-state index contributed by atoms with van der Waals surface area (Å²) in [7, 11) is -1.51. The molecule has 1 rings (SSSR count). The summed E-state index contributed by atoms with van der Waals surface area (Å²) in [5.74, 6) is 0. The predicted octanol–water partition coefficient (Wildman–Crippen LogP) is 0.0412. The molecule has 1 fully saturated rings. The molecule has 0 aromatic carbocycles. The average molecular weight is 206 g/mol. The van der Waals surface area contributed by atoms with Gasteiger partial charge in [0.2, 0.25) is 0 Å². The minimum atomic E-state index is -1.51. The maximum atomic E-state index is 8.59. The van der Waals surface area contributed by atoms with Gasteiger partial charge in [0.05, 0.1) is 26.4 Å². The van der Waals surface area contributed by atoms with Gasteiger partial charge >= 0.3 is 9.28 Å². The van der Waals surface area contributed by atoms with Crippen LogP contribution in [0.15, 0.2) is 0 Å². The first-order valence-corrected chi connectivity index (χ1v) is 6.58. The fraction of sp³-hybridized carbons (Fsp3) is 1.00. The molecule has 5 heteroatoms. The van der Waals surface area contributed by atoms with Crippen LogP contribution >= 0.6 is 0 Å². The summed E-state index contributed by atoms with van der Waals surface area (Å²) in [4.78, 5) is 0. The van der Waals surface area contributed by atoms with Gasteiger partial charge in [-0.3, -0.25) is 0 Å². The van der Waals surface area contributed by atoms with Crippen LogP contribution in [-0.2, 0) is 13.6 Å². The van der Waals surface area contributed by atoms with Gasteiger partial charge in [0, 0.05) is 0 Å². The van der Waals surface area contributed by atoms with Crippen molar-refractivity contribution >= 4 is 9.28 Å². The average Bonchev–Trinajstić information content (AvgIpc) is 2.93. The molecule has 1 N–H and O–H groups in total. The highest BCUT2D eigenvalue weighted by Crippen LogP contribution is 2.11. The van der Waals surface area contributed by atoms with Gasteiger partial charge in [-0.15, -0.1) is 0 Å². The molecule has 2 unspecified atom stereocenters. The number of hydrogen-bond donors (Lipinski definition) is 1. The monoisotopic (exact) mass is 206 g/mol. The Morgan fingerprint density at radius 3 is 2.85 bits per heavy atom. The summed E-state index contributed by atoms with van der Waals surface area (Å²) < 4.78 is 16.0. The van der Waals surface area contributed by atoms with Crippen LogP contribution in [0, 0.1) is 0 Å². The van der Waals surface area contributed by atoms with Crippen molar-refractivity contribution in [3.63, 3.8) is 0 Å². The van der Waals surface area contributed by atoms with Crippen molar-refractivity contribution in [2.24, 2.45) is 0 Å². The van der Waals surface area contributed by atoms with Crippen LogP contribution < -0.4 is 0 Å². The lowest BCUT2D eigenvalue weighted by Gasteiger charge is -2.14. The van der Waals surface area contributed by atoms with E-state index >= 15 is 0 Å². The van der Waals surface area contributed by atoms with Gasteiger partial charge in [-0.05, 0) is 6.04 Å². The van der Waals surface area contributed by atoms with Crippen molar-refractivity contribution in [1.82, 2.24) is 0 Å². The molecule has 4 nitrogen and oxygen atoms in total. The van der Waals surface area contributed by atoms with Crippen LogP contribution in [0.1, 0.15) is 13.3 Å². The molecule has 1 aliphatic heterocycles. The lowest BCUT2D eigenvalue weighted by molar-refractivity contribution is 0.146. The van der Waals surface area contributed by atoms with Gasteiger partial charge < -0.3 is 18.7 Å². The molecule has 0 aromatic rings. The number of aliphatic hydroxyl groups excluding tert-OH is 1. The van der Waals surface area contributed by atoms with E-state index in [9.17, 15) is 0 Å². The first kappa shape index (κ1) is 11.1. The predicted molar refractivity (Wildman–Crippen MR) is 51.0 cm³/mol. The van der Waals surface area contributed by atoms with Crippen molar-refractivity contribution in [3.05, 3.63) is 0 Å². The Hall–Kier alpha value is 0.0569. The van der Waals surface area contributed by atoms with E-state index in [4.69, 9.17) is 18.7 Å². The first-order chi connectivity index (χ1) is 6.36. The molecule has 13 heavy (non-hydrogen) atoms. The largest absolute Gasteiger partial charge is 0.394 e. The van der Waals surface area contributed by atoms with E-state index in [2.05, 4.69) is 6.92 Å². The van der Waals surface area contributed by atoms with Crippen molar-refractivity contribution in [2.75, 3.05) is 26.4 Å². The van der Waals surface area contributed by atoms with Crippen molar-refractivity contribution < 1.29 is 18.7 Å². The normalized spacial score (nSPS) is 23.1. The lowest BCUT2D eigenvalue weighted by Crippen LogP contribution is -2.26. The van der Waals surface area contributed by atoms with Gasteiger partial charge in [0.25, 0.3) is 0 Å². The second-order valence-electron chi connectivity index (χ2n) is 3.10. The molecular formula is C8H18O4Si. The van der Waals surface area contributed by atoms with Crippen LogP contribution in [0.4, 0.5) is 0 Å². The molecule has 1 aliphatic rings. The van der Waals surface area contributed by atoms with E-state index in [0.29, 0.717) is 19.3 Å². The van der Waals surface area contributed by atoms with Crippen LogP contribution in [0.25, 0.3) is 0 Å². The lowest BCUT2D eigenvalue weighted by atomic mass is 10.5. The fourth-order valence-electron chi connectivity index (χ4n) is 1.01. The molecule has 0 spiro atoms. The number of ether oxygens (including phenoxy) is 1. The third-order valence-electron chi connectivity index (χ3n) is 1.79. The third kappa shape index (κ3) is 5.38. The Morgan fingerprint density at radius 2 is 2.31 bits per heavy atom. The molecule has 0 radical (unpaired) electrons. The van der Waals surface area contributed by atoms with E-state index in [1.807, 2.05) is 0 Å². The summed E-state index contributed by atoms with van der Waals surface area (Å²) in [5, 5.41) is 8.59. The highest BCUT2D eigenvalue weighted by atomic mass is 28.3. The Bertz CT molecular complexity index is 129. The number of epoxide rings is 1. The van der Waals surface area contributed by atoms with E-state index in [-0.39, 0.29) is 6.61 Å². The minimum Gasteiger partial charge on any atom is -0.394 e. The third-order valence-corrected chi connectivity index (χ3v) is 4.01.